The molecule has 0 aromatic heterocycles. The summed E-state index contributed by atoms with van der Waals surface area (Å²) < 4.78 is 30.6. The second-order valence-electron chi connectivity index (χ2n) is 2.96. The van der Waals surface area contributed by atoms with Gasteiger partial charge in [0.2, 0.25) is 0 Å². The van der Waals surface area contributed by atoms with Gasteiger partial charge in [0.05, 0.1) is 12.6 Å². The zero-order valence-electron chi connectivity index (χ0n) is 6.81. The molecule has 1 saturated heterocycles. The summed E-state index contributed by atoms with van der Waals surface area (Å²) in [4.78, 5) is 1.64. The van der Waals surface area contributed by atoms with Gasteiger partial charge in [-0.3, -0.25) is 4.90 Å². The minimum atomic E-state index is -2.56. The first-order valence-corrected chi connectivity index (χ1v) is 3.65. The molecule has 1 fully saturated rings. The van der Waals surface area contributed by atoms with Crippen LogP contribution in [0.25, 0.3) is 0 Å². The molecule has 0 bridgehead atoms. The monoisotopic (exact) mass is 165 g/mol. The third-order valence-electron chi connectivity index (χ3n) is 2.14. The molecule has 0 spiro atoms. The van der Waals surface area contributed by atoms with E-state index in [9.17, 15) is 8.78 Å². The van der Waals surface area contributed by atoms with Crippen LogP contribution in [0.1, 0.15) is 6.42 Å². The number of rotatable bonds is 2. The van der Waals surface area contributed by atoms with Gasteiger partial charge in [-0.1, -0.05) is 0 Å². The molecule has 2 nitrogen and oxygen atoms in total. The van der Waals surface area contributed by atoms with Gasteiger partial charge < -0.3 is 4.74 Å². The van der Waals surface area contributed by atoms with Crippen LogP contribution in [0.5, 0.6) is 0 Å². The molecule has 0 radical (unpaired) electrons. The quantitative estimate of drug-likeness (QED) is 0.604. The largest absolute Gasteiger partial charge is 0.383 e. The molecule has 1 unspecified atom stereocenters. The SMILES string of the molecule is COCC1N(C)CCC1(F)F. The van der Waals surface area contributed by atoms with Gasteiger partial charge in [0.15, 0.2) is 0 Å². The van der Waals surface area contributed by atoms with Crippen LogP contribution in [0, 0.1) is 0 Å². The molecule has 1 aliphatic heterocycles. The third-order valence-corrected chi connectivity index (χ3v) is 2.14. The Morgan fingerprint density at radius 3 is 2.64 bits per heavy atom. The van der Waals surface area contributed by atoms with E-state index in [1.165, 1.54) is 7.11 Å². The molecule has 4 heteroatoms. The Morgan fingerprint density at radius 2 is 2.27 bits per heavy atom. The standard InChI is InChI=1S/C7H13F2NO/c1-10-4-3-7(8,9)6(10)5-11-2/h6H,3-5H2,1-2H3. The number of ether oxygens (including phenoxy) is 1. The topological polar surface area (TPSA) is 12.5 Å². The molecule has 0 N–H and O–H groups in total. The number of alkyl halides is 2. The van der Waals surface area contributed by atoms with Crippen molar-refractivity contribution in [2.45, 2.75) is 18.4 Å². The zero-order valence-corrected chi connectivity index (χ0v) is 6.81. The fraction of sp³-hybridized carbons (Fsp3) is 1.00. The maximum absolute atomic E-state index is 12.9. The molecule has 1 aliphatic rings. The minimum Gasteiger partial charge on any atom is -0.383 e. The lowest BCUT2D eigenvalue weighted by Gasteiger charge is -2.23. The molecule has 1 atom stereocenters. The smallest absolute Gasteiger partial charge is 0.266 e. The summed E-state index contributed by atoms with van der Waals surface area (Å²) in [6.45, 7) is 0.574. The maximum Gasteiger partial charge on any atom is 0.266 e. The van der Waals surface area contributed by atoms with Crippen LogP contribution in [0.3, 0.4) is 0 Å². The van der Waals surface area contributed by atoms with E-state index in [0.717, 1.165) is 0 Å². The van der Waals surface area contributed by atoms with Gasteiger partial charge in [-0.2, -0.15) is 0 Å². The molecule has 0 saturated carbocycles. The summed E-state index contributed by atoms with van der Waals surface area (Å²) in [6, 6.07) is -0.729. The fourth-order valence-corrected chi connectivity index (χ4v) is 1.38. The predicted octanol–water partition coefficient (Wildman–Crippen LogP) is 0.972. The average molecular weight is 165 g/mol. The van der Waals surface area contributed by atoms with E-state index in [-0.39, 0.29) is 13.0 Å². The van der Waals surface area contributed by atoms with Crippen molar-refractivity contribution in [3.05, 3.63) is 0 Å². The van der Waals surface area contributed by atoms with E-state index in [4.69, 9.17) is 4.74 Å². The van der Waals surface area contributed by atoms with E-state index in [1.54, 1.807) is 11.9 Å². The van der Waals surface area contributed by atoms with Crippen molar-refractivity contribution in [1.29, 1.82) is 0 Å². The van der Waals surface area contributed by atoms with Crippen molar-refractivity contribution in [3.8, 4) is 0 Å². The van der Waals surface area contributed by atoms with Crippen LogP contribution in [0.15, 0.2) is 0 Å². The molecule has 11 heavy (non-hydrogen) atoms. The lowest BCUT2D eigenvalue weighted by Crippen LogP contribution is -2.40. The van der Waals surface area contributed by atoms with Crippen LogP contribution in [0.4, 0.5) is 8.78 Å². The number of likely N-dealkylation sites (N-methyl/N-ethyl adjacent to an activating group) is 1. The van der Waals surface area contributed by atoms with Gasteiger partial charge in [-0.05, 0) is 7.05 Å². The third kappa shape index (κ3) is 1.68. The fourth-order valence-electron chi connectivity index (χ4n) is 1.38. The van der Waals surface area contributed by atoms with Crippen molar-refractivity contribution in [3.63, 3.8) is 0 Å². The van der Waals surface area contributed by atoms with Crippen LogP contribution < -0.4 is 0 Å². The summed E-state index contributed by atoms with van der Waals surface area (Å²) in [7, 11) is 3.15. The lowest BCUT2D eigenvalue weighted by molar-refractivity contribution is -0.0536. The Bertz CT molecular complexity index is 140. The van der Waals surface area contributed by atoms with Gasteiger partial charge >= 0.3 is 0 Å². The summed E-state index contributed by atoms with van der Waals surface area (Å²) in [5, 5.41) is 0. The Labute approximate surface area is 65.1 Å². The number of nitrogens with zero attached hydrogens (tertiary/aromatic N) is 1. The molecule has 0 aromatic carbocycles. The highest BCUT2D eigenvalue weighted by molar-refractivity contribution is 4.91. The number of hydrogen-bond acceptors (Lipinski definition) is 2. The molecule has 0 aromatic rings. The minimum absolute atomic E-state index is 0.0441. The van der Waals surface area contributed by atoms with Gasteiger partial charge in [0, 0.05) is 20.1 Å². The van der Waals surface area contributed by atoms with Crippen LogP contribution in [0.2, 0.25) is 0 Å². The van der Waals surface area contributed by atoms with Gasteiger partial charge in [0.1, 0.15) is 0 Å². The molecular formula is C7H13F2NO. The second kappa shape index (κ2) is 3.03. The number of methoxy groups -OCH3 is 1. The molecule has 1 heterocycles. The van der Waals surface area contributed by atoms with Crippen LogP contribution >= 0.6 is 0 Å². The maximum atomic E-state index is 12.9. The highest BCUT2D eigenvalue weighted by atomic mass is 19.3. The molecule has 0 amide bonds. The van der Waals surface area contributed by atoms with Crippen LogP contribution in [-0.2, 0) is 4.74 Å². The summed E-state index contributed by atoms with van der Waals surface area (Å²) in [6.07, 6.45) is -0.0441. The molecule has 1 rings (SSSR count). The van der Waals surface area contributed by atoms with Gasteiger partial charge in [-0.15, -0.1) is 0 Å². The van der Waals surface area contributed by atoms with E-state index in [2.05, 4.69) is 0 Å². The Balaban J connectivity index is 2.57. The zero-order chi connectivity index (χ0) is 8.48. The number of hydrogen-bond donors (Lipinski definition) is 0. The van der Waals surface area contributed by atoms with Crippen molar-refractivity contribution in [2.75, 3.05) is 27.3 Å². The normalized spacial score (nSPS) is 31.1. The summed E-state index contributed by atoms with van der Waals surface area (Å²) >= 11 is 0. The van der Waals surface area contributed by atoms with Gasteiger partial charge in [0.25, 0.3) is 5.92 Å². The van der Waals surface area contributed by atoms with Crippen molar-refractivity contribution in [1.82, 2.24) is 4.90 Å². The van der Waals surface area contributed by atoms with Gasteiger partial charge in [-0.25, -0.2) is 8.78 Å². The Hall–Kier alpha value is -0.220. The summed E-state index contributed by atoms with van der Waals surface area (Å²) in [5.41, 5.74) is 0. The number of likely N-dealkylation sites (tertiary alicyclic amines) is 1. The first-order chi connectivity index (χ1) is 5.08. The molecular weight excluding hydrogens is 152 g/mol. The lowest BCUT2D eigenvalue weighted by atomic mass is 10.2. The molecule has 66 valence electrons. The van der Waals surface area contributed by atoms with E-state index in [1.807, 2.05) is 0 Å². The highest BCUT2D eigenvalue weighted by Gasteiger charge is 2.47. The van der Waals surface area contributed by atoms with E-state index >= 15 is 0 Å². The summed E-state index contributed by atoms with van der Waals surface area (Å²) in [5.74, 6) is -2.56. The van der Waals surface area contributed by atoms with Crippen molar-refractivity contribution >= 4 is 0 Å². The van der Waals surface area contributed by atoms with E-state index in [0.29, 0.717) is 6.54 Å². The first-order valence-electron chi connectivity index (χ1n) is 3.65. The Kier molecular flexibility index (Phi) is 2.44. The van der Waals surface area contributed by atoms with Crippen molar-refractivity contribution < 1.29 is 13.5 Å². The second-order valence-corrected chi connectivity index (χ2v) is 2.96. The predicted molar refractivity (Wildman–Crippen MR) is 37.9 cm³/mol. The first kappa shape index (κ1) is 8.87. The highest BCUT2D eigenvalue weighted by Crippen LogP contribution is 2.32. The van der Waals surface area contributed by atoms with E-state index < -0.39 is 12.0 Å². The average Bonchev–Trinajstić information content (AvgIpc) is 2.16. The van der Waals surface area contributed by atoms with Crippen molar-refractivity contribution in [2.24, 2.45) is 0 Å². The number of halogens is 2. The Morgan fingerprint density at radius 1 is 1.64 bits per heavy atom. The molecule has 0 aliphatic carbocycles. The van der Waals surface area contributed by atoms with Crippen LogP contribution in [-0.4, -0.2) is 44.2 Å².